The molecule has 0 unspecified atom stereocenters. The zero-order valence-corrected chi connectivity index (χ0v) is 19.1. The number of rotatable bonds is 7. The number of pyridine rings is 1. The third-order valence-electron chi connectivity index (χ3n) is 5.45. The van der Waals surface area contributed by atoms with E-state index in [0.717, 1.165) is 12.1 Å². The van der Waals surface area contributed by atoms with Crippen LogP contribution in [0.25, 0.3) is 16.5 Å². The molecular formula is C26H21F2NO6. The first-order chi connectivity index (χ1) is 16.9. The Morgan fingerprint density at radius 2 is 1.49 bits per heavy atom. The molecule has 0 aliphatic heterocycles. The van der Waals surface area contributed by atoms with Crippen LogP contribution in [0.15, 0.2) is 65.6 Å². The molecule has 0 aliphatic carbocycles. The molecule has 0 saturated carbocycles. The van der Waals surface area contributed by atoms with Crippen LogP contribution in [-0.4, -0.2) is 31.9 Å². The van der Waals surface area contributed by atoms with E-state index in [9.17, 15) is 18.4 Å². The second-order valence-electron chi connectivity index (χ2n) is 7.49. The number of hydrogen-bond donors (Lipinski definition) is 0. The van der Waals surface area contributed by atoms with Gasteiger partial charge in [0.2, 0.25) is 0 Å². The number of halogens is 2. The average Bonchev–Trinajstić information content (AvgIpc) is 2.88. The van der Waals surface area contributed by atoms with Crippen LogP contribution >= 0.6 is 0 Å². The average molecular weight is 481 g/mol. The van der Waals surface area contributed by atoms with Gasteiger partial charge in [-0.2, -0.15) is 0 Å². The molecule has 0 N–H and O–H groups in total. The molecule has 180 valence electrons. The number of carbonyl (C=O) groups is 1. The SMILES string of the molecule is COc1ccc(-n2cc(C(=O)OCc3ccc(F)c(F)c3)c3cc(OC)c(OC)cc3c2=O)cc1. The van der Waals surface area contributed by atoms with Gasteiger partial charge in [0.25, 0.3) is 5.56 Å². The summed E-state index contributed by atoms with van der Waals surface area (Å²) in [6.07, 6.45) is 1.37. The number of esters is 1. The van der Waals surface area contributed by atoms with Gasteiger partial charge in [-0.1, -0.05) is 6.07 Å². The lowest BCUT2D eigenvalue weighted by Gasteiger charge is -2.15. The Labute approximate surface area is 199 Å². The molecule has 0 fully saturated rings. The Balaban J connectivity index is 1.84. The molecule has 1 aromatic heterocycles. The van der Waals surface area contributed by atoms with Crippen LogP contribution < -0.4 is 19.8 Å². The van der Waals surface area contributed by atoms with Gasteiger partial charge in [-0.25, -0.2) is 13.6 Å². The van der Waals surface area contributed by atoms with Crippen molar-refractivity contribution < 1.29 is 32.5 Å². The zero-order valence-electron chi connectivity index (χ0n) is 19.1. The summed E-state index contributed by atoms with van der Waals surface area (Å²) in [5.74, 6) is -1.59. The van der Waals surface area contributed by atoms with Crippen LogP contribution in [0.2, 0.25) is 0 Å². The molecule has 4 rings (SSSR count). The smallest absolute Gasteiger partial charge is 0.340 e. The largest absolute Gasteiger partial charge is 0.497 e. The summed E-state index contributed by atoms with van der Waals surface area (Å²) in [5, 5.41) is 0.480. The minimum atomic E-state index is -1.05. The predicted octanol–water partition coefficient (Wildman–Crippen LogP) is 4.65. The van der Waals surface area contributed by atoms with Crippen LogP contribution in [0.1, 0.15) is 15.9 Å². The monoisotopic (exact) mass is 481 g/mol. The van der Waals surface area contributed by atoms with Gasteiger partial charge >= 0.3 is 5.97 Å². The van der Waals surface area contributed by atoms with Gasteiger partial charge in [0.05, 0.1) is 32.3 Å². The van der Waals surface area contributed by atoms with Crippen LogP contribution in [0.5, 0.6) is 17.2 Å². The Morgan fingerprint density at radius 3 is 2.09 bits per heavy atom. The Bertz CT molecular complexity index is 1460. The Morgan fingerprint density at radius 1 is 0.829 bits per heavy atom. The number of fused-ring (bicyclic) bond motifs is 1. The van der Waals surface area contributed by atoms with Crippen molar-refractivity contribution in [1.82, 2.24) is 4.57 Å². The normalized spacial score (nSPS) is 10.8. The number of hydrogen-bond acceptors (Lipinski definition) is 6. The first-order valence-corrected chi connectivity index (χ1v) is 10.4. The molecule has 1 heterocycles. The maximum Gasteiger partial charge on any atom is 0.340 e. The lowest BCUT2D eigenvalue weighted by Crippen LogP contribution is -2.21. The first kappa shape index (κ1) is 23.7. The molecule has 0 atom stereocenters. The van der Waals surface area contributed by atoms with Crippen molar-refractivity contribution in [3.8, 4) is 22.9 Å². The van der Waals surface area contributed by atoms with E-state index in [4.69, 9.17) is 18.9 Å². The van der Waals surface area contributed by atoms with Crippen LogP contribution in [0.4, 0.5) is 8.78 Å². The van der Waals surface area contributed by atoms with Crippen molar-refractivity contribution in [2.45, 2.75) is 6.61 Å². The van der Waals surface area contributed by atoms with E-state index in [-0.39, 0.29) is 28.5 Å². The molecule has 0 amide bonds. The third-order valence-corrected chi connectivity index (χ3v) is 5.45. The fourth-order valence-electron chi connectivity index (χ4n) is 3.62. The summed E-state index contributed by atoms with van der Waals surface area (Å²) in [6, 6.07) is 12.9. The maximum absolute atomic E-state index is 13.5. The summed E-state index contributed by atoms with van der Waals surface area (Å²) in [6.45, 7) is -0.299. The van der Waals surface area contributed by atoms with Crippen molar-refractivity contribution in [2.75, 3.05) is 21.3 Å². The highest BCUT2D eigenvalue weighted by Crippen LogP contribution is 2.33. The first-order valence-electron chi connectivity index (χ1n) is 10.4. The lowest BCUT2D eigenvalue weighted by atomic mass is 10.1. The molecule has 0 radical (unpaired) electrons. The van der Waals surface area contributed by atoms with E-state index in [1.165, 1.54) is 50.3 Å². The number of ether oxygens (including phenoxy) is 4. The molecule has 0 bridgehead atoms. The zero-order chi connectivity index (χ0) is 25.1. The van der Waals surface area contributed by atoms with Gasteiger partial charge in [0.15, 0.2) is 23.1 Å². The summed E-state index contributed by atoms with van der Waals surface area (Å²) < 4.78 is 49.3. The molecule has 0 saturated heterocycles. The van der Waals surface area contributed by atoms with Gasteiger partial charge < -0.3 is 18.9 Å². The molecule has 35 heavy (non-hydrogen) atoms. The Hall–Kier alpha value is -4.40. The van der Waals surface area contributed by atoms with Gasteiger partial charge in [0.1, 0.15) is 12.4 Å². The second kappa shape index (κ2) is 9.84. The van der Waals surface area contributed by atoms with Gasteiger partial charge in [-0.15, -0.1) is 0 Å². The number of carbonyl (C=O) groups excluding carboxylic acids is 1. The van der Waals surface area contributed by atoms with E-state index >= 15 is 0 Å². The molecule has 0 aliphatic rings. The molecule has 7 nitrogen and oxygen atoms in total. The van der Waals surface area contributed by atoms with Gasteiger partial charge in [0, 0.05) is 17.3 Å². The molecule has 9 heteroatoms. The van der Waals surface area contributed by atoms with E-state index in [1.54, 1.807) is 24.3 Å². The summed E-state index contributed by atoms with van der Waals surface area (Å²) in [4.78, 5) is 26.5. The van der Waals surface area contributed by atoms with Crippen LogP contribution in [0.3, 0.4) is 0 Å². The summed E-state index contributed by atoms with van der Waals surface area (Å²) in [7, 11) is 4.40. The van der Waals surface area contributed by atoms with E-state index in [0.29, 0.717) is 22.9 Å². The van der Waals surface area contributed by atoms with Crippen molar-refractivity contribution in [1.29, 1.82) is 0 Å². The fourth-order valence-corrected chi connectivity index (χ4v) is 3.62. The molecule has 3 aromatic carbocycles. The van der Waals surface area contributed by atoms with Crippen LogP contribution in [-0.2, 0) is 11.3 Å². The summed E-state index contributed by atoms with van der Waals surface area (Å²) >= 11 is 0. The van der Waals surface area contributed by atoms with Gasteiger partial charge in [-0.05, 0) is 54.1 Å². The maximum atomic E-state index is 13.5. The highest BCUT2D eigenvalue weighted by Gasteiger charge is 2.20. The van der Waals surface area contributed by atoms with E-state index < -0.39 is 23.2 Å². The highest BCUT2D eigenvalue weighted by molar-refractivity contribution is 6.05. The number of methoxy groups -OCH3 is 3. The van der Waals surface area contributed by atoms with Crippen molar-refractivity contribution in [3.63, 3.8) is 0 Å². The minimum Gasteiger partial charge on any atom is -0.497 e. The third kappa shape index (κ3) is 4.65. The van der Waals surface area contributed by atoms with Gasteiger partial charge in [-0.3, -0.25) is 9.36 Å². The minimum absolute atomic E-state index is 0.0685. The lowest BCUT2D eigenvalue weighted by molar-refractivity contribution is 0.0474. The standard InChI is InChI=1S/C26H21F2NO6/c1-32-17-7-5-16(6-8-17)29-13-20(26(31)35-14-15-4-9-21(27)22(28)10-15)18-11-23(33-2)24(34-3)12-19(18)25(29)30/h4-13H,14H2,1-3H3. The highest BCUT2D eigenvalue weighted by atomic mass is 19.2. The van der Waals surface area contributed by atoms with Crippen LogP contribution in [0, 0.1) is 11.6 Å². The number of nitrogens with zero attached hydrogens (tertiary/aromatic N) is 1. The fraction of sp³-hybridized carbons (Fsp3) is 0.154. The Kier molecular flexibility index (Phi) is 6.68. The molecule has 4 aromatic rings. The second-order valence-corrected chi connectivity index (χ2v) is 7.49. The predicted molar refractivity (Wildman–Crippen MR) is 125 cm³/mol. The van der Waals surface area contributed by atoms with Crippen molar-refractivity contribution in [3.05, 3.63) is 93.9 Å². The number of benzene rings is 3. The molecule has 0 spiro atoms. The summed E-state index contributed by atoms with van der Waals surface area (Å²) in [5.41, 5.74) is 0.425. The van der Waals surface area contributed by atoms with E-state index in [1.807, 2.05) is 0 Å². The number of aromatic nitrogens is 1. The van der Waals surface area contributed by atoms with Crippen molar-refractivity contribution in [2.24, 2.45) is 0 Å². The molecular weight excluding hydrogens is 460 g/mol. The van der Waals surface area contributed by atoms with E-state index in [2.05, 4.69) is 0 Å². The topological polar surface area (TPSA) is 76.0 Å². The quantitative estimate of drug-likeness (QED) is 0.358. The van der Waals surface area contributed by atoms with Crippen molar-refractivity contribution >= 4 is 16.7 Å².